The molecule has 0 unspecified atom stereocenters. The van der Waals surface area contributed by atoms with Crippen LogP contribution >= 0.6 is 0 Å². The summed E-state index contributed by atoms with van der Waals surface area (Å²) in [6.07, 6.45) is 3.85. The number of amides is 1. The quantitative estimate of drug-likeness (QED) is 0.403. The number of nitrogens with zero attached hydrogens (tertiary/aromatic N) is 1. The van der Waals surface area contributed by atoms with Crippen molar-refractivity contribution in [3.8, 4) is 5.75 Å². The third-order valence-corrected chi connectivity index (χ3v) is 8.42. The average Bonchev–Trinajstić information content (AvgIpc) is 2.76. The fraction of sp³-hybridized carbons (Fsp3) is 0.571. The van der Waals surface area contributed by atoms with Crippen LogP contribution in [-0.2, 0) is 11.2 Å². The first-order valence-corrected chi connectivity index (χ1v) is 12.9. The smallest absolute Gasteiger partial charge is 0.241 e. The number of carbonyl (C=O) groups excluding carboxylic acids is 1. The van der Waals surface area contributed by atoms with Gasteiger partial charge in [-0.05, 0) is 50.4 Å². The number of hydrogen-bond acceptors (Lipinski definition) is 3. The van der Waals surface area contributed by atoms with Gasteiger partial charge in [0.05, 0.1) is 26.4 Å². The molecule has 5 heteroatoms. The second kappa shape index (κ2) is 8.40. The van der Waals surface area contributed by atoms with E-state index in [-0.39, 0.29) is 17.6 Å². The number of likely N-dealkylation sites (N-methyl/N-ethyl adjacent to an activating group) is 1. The van der Waals surface area contributed by atoms with Crippen molar-refractivity contribution in [2.75, 3.05) is 13.7 Å². The van der Waals surface area contributed by atoms with Crippen molar-refractivity contribution in [1.82, 2.24) is 10.2 Å². The molecule has 0 bridgehead atoms. The van der Waals surface area contributed by atoms with Gasteiger partial charge in [0, 0.05) is 7.05 Å². The van der Waals surface area contributed by atoms with Gasteiger partial charge in [-0.25, -0.2) is 0 Å². The zero-order valence-electron chi connectivity index (χ0n) is 17.0. The highest BCUT2D eigenvalue weighted by molar-refractivity contribution is 6.77. The van der Waals surface area contributed by atoms with E-state index in [1.165, 1.54) is 12.1 Å². The number of rotatable bonds is 9. The van der Waals surface area contributed by atoms with Crippen molar-refractivity contribution in [2.24, 2.45) is 0 Å². The van der Waals surface area contributed by atoms with Crippen molar-refractivity contribution in [3.63, 3.8) is 0 Å². The molecule has 1 aromatic carbocycles. The van der Waals surface area contributed by atoms with Crippen LogP contribution in [0.4, 0.5) is 0 Å². The van der Waals surface area contributed by atoms with Gasteiger partial charge >= 0.3 is 0 Å². The molecule has 1 aromatic rings. The number of carbonyl (C=O) groups is 1. The summed E-state index contributed by atoms with van der Waals surface area (Å²) in [4.78, 5) is 14.1. The maximum absolute atomic E-state index is 12.3. The molecule has 0 aromatic heterocycles. The average molecular weight is 375 g/mol. The van der Waals surface area contributed by atoms with Crippen molar-refractivity contribution in [2.45, 2.75) is 63.6 Å². The van der Waals surface area contributed by atoms with Gasteiger partial charge in [-0.2, -0.15) is 0 Å². The van der Waals surface area contributed by atoms with Crippen LogP contribution in [-0.4, -0.2) is 44.2 Å². The molecule has 1 aliphatic rings. The van der Waals surface area contributed by atoms with E-state index < -0.39 is 8.07 Å². The Kier molecular flexibility index (Phi) is 6.69. The lowest BCUT2D eigenvalue weighted by molar-refractivity contribution is -0.129. The first-order chi connectivity index (χ1) is 12.1. The second-order valence-electron chi connectivity index (χ2n) is 8.61. The largest absolute Gasteiger partial charge is 0.494 e. The van der Waals surface area contributed by atoms with E-state index in [0.29, 0.717) is 6.42 Å². The fourth-order valence-electron chi connectivity index (χ4n) is 3.42. The van der Waals surface area contributed by atoms with Gasteiger partial charge in [-0.1, -0.05) is 37.3 Å². The SMILES string of the molecule is C=CC[Si](C)(C)CCCOc1ccc(C[C@H]2NC(C)(C)N(C)C2=O)cc1. The van der Waals surface area contributed by atoms with Crippen molar-refractivity contribution >= 4 is 14.0 Å². The van der Waals surface area contributed by atoms with E-state index in [2.05, 4.69) is 43.2 Å². The maximum atomic E-state index is 12.3. The van der Waals surface area contributed by atoms with E-state index in [1.54, 1.807) is 4.90 Å². The van der Waals surface area contributed by atoms with Crippen LogP contribution in [0.15, 0.2) is 36.9 Å². The normalized spacial score (nSPS) is 19.7. The summed E-state index contributed by atoms with van der Waals surface area (Å²) < 4.78 is 5.88. The Hall–Kier alpha value is -1.59. The Morgan fingerprint density at radius 3 is 2.50 bits per heavy atom. The lowest BCUT2D eigenvalue weighted by Crippen LogP contribution is -2.45. The predicted molar refractivity (Wildman–Crippen MR) is 111 cm³/mol. The fourth-order valence-corrected chi connectivity index (χ4v) is 5.51. The number of allylic oxidation sites excluding steroid dienone is 1. The third-order valence-electron chi connectivity index (χ3n) is 5.32. The van der Waals surface area contributed by atoms with Gasteiger partial charge < -0.3 is 9.64 Å². The monoisotopic (exact) mass is 374 g/mol. The molecule has 0 aliphatic carbocycles. The Balaban J connectivity index is 1.80. The van der Waals surface area contributed by atoms with Crippen molar-refractivity contribution in [3.05, 3.63) is 42.5 Å². The topological polar surface area (TPSA) is 41.6 Å². The minimum atomic E-state index is -1.14. The van der Waals surface area contributed by atoms with E-state index in [0.717, 1.165) is 24.3 Å². The summed E-state index contributed by atoms with van der Waals surface area (Å²) in [7, 11) is 0.716. The molecular weight excluding hydrogens is 340 g/mol. The van der Waals surface area contributed by atoms with Gasteiger partial charge in [0.2, 0.25) is 5.91 Å². The molecule has 1 fully saturated rings. The molecule has 1 heterocycles. The highest BCUT2D eigenvalue weighted by Gasteiger charge is 2.41. The zero-order valence-corrected chi connectivity index (χ0v) is 18.0. The van der Waals surface area contributed by atoms with E-state index in [9.17, 15) is 4.79 Å². The molecule has 4 nitrogen and oxygen atoms in total. The van der Waals surface area contributed by atoms with Crippen molar-refractivity contribution in [1.29, 1.82) is 0 Å². The Morgan fingerprint density at radius 2 is 1.96 bits per heavy atom. The van der Waals surface area contributed by atoms with Gasteiger partial charge in [-0.15, -0.1) is 6.58 Å². The van der Waals surface area contributed by atoms with Crippen LogP contribution < -0.4 is 10.1 Å². The number of benzene rings is 1. The second-order valence-corrected chi connectivity index (χ2v) is 13.8. The van der Waals surface area contributed by atoms with Crippen LogP contribution in [0.3, 0.4) is 0 Å². The molecule has 1 saturated heterocycles. The molecule has 1 aliphatic heterocycles. The Bertz CT molecular complexity index is 625. The third kappa shape index (κ3) is 5.45. The lowest BCUT2D eigenvalue weighted by atomic mass is 10.1. The van der Waals surface area contributed by atoms with Crippen LogP contribution in [0, 0.1) is 0 Å². The zero-order chi connectivity index (χ0) is 19.4. The summed E-state index contributed by atoms with van der Waals surface area (Å²) in [5, 5.41) is 3.40. The first-order valence-electron chi connectivity index (χ1n) is 9.53. The number of nitrogens with one attached hydrogen (secondary N) is 1. The molecule has 1 N–H and O–H groups in total. The van der Waals surface area contributed by atoms with Crippen LogP contribution in [0.25, 0.3) is 0 Å². The molecular formula is C21H34N2O2Si. The summed E-state index contributed by atoms with van der Waals surface area (Å²) in [6, 6.07) is 10.4. The molecule has 0 radical (unpaired) electrons. The molecule has 144 valence electrons. The van der Waals surface area contributed by atoms with Gasteiger partial charge in [0.15, 0.2) is 0 Å². The predicted octanol–water partition coefficient (Wildman–Crippen LogP) is 4.06. The van der Waals surface area contributed by atoms with Gasteiger partial charge in [0.1, 0.15) is 5.75 Å². The van der Waals surface area contributed by atoms with Crippen molar-refractivity contribution < 1.29 is 9.53 Å². The highest BCUT2D eigenvalue weighted by Crippen LogP contribution is 2.22. The van der Waals surface area contributed by atoms with Crippen LogP contribution in [0.5, 0.6) is 5.75 Å². The number of ether oxygens (including phenoxy) is 1. The molecule has 1 atom stereocenters. The molecule has 1 amide bonds. The lowest BCUT2D eigenvalue weighted by Gasteiger charge is -2.27. The van der Waals surface area contributed by atoms with Gasteiger partial charge in [-0.3, -0.25) is 10.1 Å². The molecule has 0 saturated carbocycles. The van der Waals surface area contributed by atoms with Crippen LogP contribution in [0.2, 0.25) is 25.2 Å². The maximum Gasteiger partial charge on any atom is 0.241 e. The number of hydrogen-bond donors (Lipinski definition) is 1. The highest BCUT2D eigenvalue weighted by atomic mass is 28.3. The first kappa shape index (κ1) is 20.7. The molecule has 0 spiro atoms. The minimum absolute atomic E-state index is 0.154. The molecule has 26 heavy (non-hydrogen) atoms. The summed E-state index contributed by atoms with van der Waals surface area (Å²) >= 11 is 0. The molecule has 2 rings (SSSR count). The summed E-state index contributed by atoms with van der Waals surface area (Å²) in [5.74, 6) is 1.06. The van der Waals surface area contributed by atoms with Gasteiger partial charge in [0.25, 0.3) is 0 Å². The minimum Gasteiger partial charge on any atom is -0.494 e. The Morgan fingerprint density at radius 1 is 1.31 bits per heavy atom. The summed E-state index contributed by atoms with van der Waals surface area (Å²) in [5.41, 5.74) is 0.863. The Labute approximate surface area is 159 Å². The standard InChI is InChI=1S/C21H34N2O2Si/c1-7-14-26(5,6)15-8-13-25-18-11-9-17(10-12-18)16-19-20(24)23(4)21(2,3)22-19/h7,9-12,19,22H,1,8,13-16H2,2-6H3/t19-/m1/s1. The van der Waals surface area contributed by atoms with E-state index in [4.69, 9.17) is 4.74 Å². The van der Waals surface area contributed by atoms with E-state index in [1.807, 2.05) is 33.0 Å². The van der Waals surface area contributed by atoms with E-state index >= 15 is 0 Å². The summed E-state index contributed by atoms with van der Waals surface area (Å²) in [6.45, 7) is 13.5. The van der Waals surface area contributed by atoms with Crippen LogP contribution in [0.1, 0.15) is 25.8 Å².